The SMILES string of the molecule is CCNC(=O)NC1CC(F)(F)C1. The Morgan fingerprint density at radius 2 is 2.17 bits per heavy atom. The molecular weight excluding hydrogens is 166 g/mol. The second-order valence-electron chi connectivity index (χ2n) is 2.96. The Kier molecular flexibility index (Phi) is 2.49. The highest BCUT2D eigenvalue weighted by atomic mass is 19.3. The van der Waals surface area contributed by atoms with Gasteiger partial charge in [-0.3, -0.25) is 0 Å². The van der Waals surface area contributed by atoms with Gasteiger partial charge in [-0.05, 0) is 6.92 Å². The minimum atomic E-state index is -2.57. The molecule has 0 aromatic carbocycles. The van der Waals surface area contributed by atoms with Gasteiger partial charge in [0.05, 0.1) is 0 Å². The number of hydrogen-bond donors (Lipinski definition) is 2. The molecule has 0 aromatic rings. The van der Waals surface area contributed by atoms with Crippen molar-refractivity contribution >= 4 is 6.03 Å². The molecule has 0 spiro atoms. The molecule has 0 radical (unpaired) electrons. The Morgan fingerprint density at radius 3 is 2.58 bits per heavy atom. The predicted molar refractivity (Wildman–Crippen MR) is 40.2 cm³/mol. The Balaban J connectivity index is 2.14. The Bertz CT molecular complexity index is 176. The quantitative estimate of drug-likeness (QED) is 0.653. The lowest BCUT2D eigenvalue weighted by Crippen LogP contribution is -2.53. The van der Waals surface area contributed by atoms with Crippen molar-refractivity contribution in [2.45, 2.75) is 31.7 Å². The van der Waals surface area contributed by atoms with Gasteiger partial charge in [0.15, 0.2) is 0 Å². The first-order chi connectivity index (χ1) is 5.53. The van der Waals surface area contributed by atoms with E-state index in [-0.39, 0.29) is 24.9 Å². The van der Waals surface area contributed by atoms with Gasteiger partial charge in [0.25, 0.3) is 5.92 Å². The van der Waals surface area contributed by atoms with Crippen molar-refractivity contribution in [3.8, 4) is 0 Å². The Labute approximate surface area is 69.5 Å². The fourth-order valence-corrected chi connectivity index (χ4v) is 1.16. The second kappa shape index (κ2) is 3.25. The third-order valence-corrected chi connectivity index (χ3v) is 1.76. The molecule has 0 aliphatic heterocycles. The van der Waals surface area contributed by atoms with E-state index < -0.39 is 5.92 Å². The molecular formula is C7H12F2N2O. The maximum Gasteiger partial charge on any atom is 0.315 e. The van der Waals surface area contributed by atoms with Gasteiger partial charge in [-0.1, -0.05) is 0 Å². The summed E-state index contributed by atoms with van der Waals surface area (Å²) in [6, 6.07) is -0.718. The maximum absolute atomic E-state index is 12.3. The number of amides is 2. The van der Waals surface area contributed by atoms with E-state index in [0.29, 0.717) is 6.54 Å². The summed E-state index contributed by atoms with van der Waals surface area (Å²) in [6.45, 7) is 2.28. The number of halogens is 2. The zero-order chi connectivity index (χ0) is 9.19. The van der Waals surface area contributed by atoms with E-state index in [0.717, 1.165) is 0 Å². The van der Waals surface area contributed by atoms with E-state index >= 15 is 0 Å². The summed E-state index contributed by atoms with van der Waals surface area (Å²) in [5.41, 5.74) is 0. The summed E-state index contributed by atoms with van der Waals surface area (Å²) in [5.74, 6) is -2.57. The zero-order valence-electron chi connectivity index (χ0n) is 6.86. The van der Waals surface area contributed by atoms with Crippen molar-refractivity contribution in [1.82, 2.24) is 10.6 Å². The topological polar surface area (TPSA) is 41.1 Å². The van der Waals surface area contributed by atoms with E-state index in [1.165, 1.54) is 0 Å². The number of carbonyl (C=O) groups excluding carboxylic acids is 1. The highest BCUT2D eigenvalue weighted by Gasteiger charge is 2.45. The molecule has 2 amide bonds. The maximum atomic E-state index is 12.3. The molecule has 0 unspecified atom stereocenters. The van der Waals surface area contributed by atoms with Crippen molar-refractivity contribution in [3.05, 3.63) is 0 Å². The molecule has 5 heteroatoms. The fourth-order valence-electron chi connectivity index (χ4n) is 1.16. The molecule has 0 aromatic heterocycles. The smallest absolute Gasteiger partial charge is 0.315 e. The second-order valence-corrected chi connectivity index (χ2v) is 2.96. The molecule has 1 aliphatic carbocycles. The van der Waals surface area contributed by atoms with Crippen LogP contribution in [0.15, 0.2) is 0 Å². The van der Waals surface area contributed by atoms with Crippen LogP contribution in [0.2, 0.25) is 0 Å². The zero-order valence-corrected chi connectivity index (χ0v) is 6.86. The van der Waals surface area contributed by atoms with Gasteiger partial charge < -0.3 is 10.6 Å². The number of alkyl halides is 2. The fraction of sp³-hybridized carbons (Fsp3) is 0.857. The van der Waals surface area contributed by atoms with Crippen molar-refractivity contribution < 1.29 is 13.6 Å². The van der Waals surface area contributed by atoms with Crippen LogP contribution in [0.4, 0.5) is 13.6 Å². The number of urea groups is 1. The highest BCUT2D eigenvalue weighted by Crippen LogP contribution is 2.37. The third kappa shape index (κ3) is 2.32. The van der Waals surface area contributed by atoms with Crippen LogP contribution >= 0.6 is 0 Å². The Hall–Kier alpha value is -0.870. The van der Waals surface area contributed by atoms with E-state index in [2.05, 4.69) is 10.6 Å². The predicted octanol–water partition coefficient (Wildman–Crippen LogP) is 1.10. The van der Waals surface area contributed by atoms with Crippen LogP contribution in [-0.2, 0) is 0 Å². The molecule has 0 bridgehead atoms. The lowest BCUT2D eigenvalue weighted by Gasteiger charge is -2.35. The summed E-state index contributed by atoms with van der Waals surface area (Å²) in [5, 5.41) is 4.92. The van der Waals surface area contributed by atoms with Crippen molar-refractivity contribution in [3.63, 3.8) is 0 Å². The molecule has 1 rings (SSSR count). The van der Waals surface area contributed by atoms with Gasteiger partial charge in [-0.25, -0.2) is 13.6 Å². The normalized spacial score (nSPS) is 21.2. The van der Waals surface area contributed by atoms with Crippen LogP contribution in [0.5, 0.6) is 0 Å². The standard InChI is InChI=1S/C7H12F2N2O/c1-2-10-6(12)11-5-3-7(8,9)4-5/h5H,2-4H2,1H3,(H2,10,11,12). The van der Waals surface area contributed by atoms with Crippen LogP contribution < -0.4 is 10.6 Å². The number of hydrogen-bond acceptors (Lipinski definition) is 1. The van der Waals surface area contributed by atoms with Gasteiger partial charge in [0.2, 0.25) is 0 Å². The molecule has 0 saturated heterocycles. The molecule has 0 atom stereocenters. The van der Waals surface area contributed by atoms with E-state index in [4.69, 9.17) is 0 Å². The highest BCUT2D eigenvalue weighted by molar-refractivity contribution is 5.74. The average molecular weight is 178 g/mol. The molecule has 3 nitrogen and oxygen atoms in total. The molecule has 1 fully saturated rings. The van der Waals surface area contributed by atoms with Crippen molar-refractivity contribution in [2.75, 3.05) is 6.54 Å². The number of rotatable bonds is 2. The van der Waals surface area contributed by atoms with E-state index in [1.54, 1.807) is 6.92 Å². The molecule has 2 N–H and O–H groups in total. The van der Waals surface area contributed by atoms with Crippen LogP contribution in [0, 0.1) is 0 Å². The van der Waals surface area contributed by atoms with Gasteiger partial charge in [-0.15, -0.1) is 0 Å². The first kappa shape index (κ1) is 9.22. The first-order valence-corrected chi connectivity index (χ1v) is 3.96. The summed E-state index contributed by atoms with van der Waals surface area (Å²) in [4.78, 5) is 10.8. The molecule has 1 saturated carbocycles. The molecule has 70 valence electrons. The van der Waals surface area contributed by atoms with E-state index in [9.17, 15) is 13.6 Å². The van der Waals surface area contributed by atoms with Crippen LogP contribution in [0.1, 0.15) is 19.8 Å². The summed E-state index contributed by atoms with van der Waals surface area (Å²) < 4.78 is 24.5. The van der Waals surface area contributed by atoms with Crippen LogP contribution in [0.3, 0.4) is 0 Å². The summed E-state index contributed by atoms with van der Waals surface area (Å²) in [7, 11) is 0. The first-order valence-electron chi connectivity index (χ1n) is 3.96. The Morgan fingerprint density at radius 1 is 1.58 bits per heavy atom. The van der Waals surface area contributed by atoms with Gasteiger partial charge in [0.1, 0.15) is 0 Å². The molecule has 0 heterocycles. The summed E-state index contributed by atoms with van der Waals surface area (Å²) >= 11 is 0. The van der Waals surface area contributed by atoms with Crippen LogP contribution in [0.25, 0.3) is 0 Å². The minimum absolute atomic E-state index is 0.232. The average Bonchev–Trinajstić information content (AvgIpc) is 1.83. The van der Waals surface area contributed by atoms with Crippen molar-refractivity contribution in [1.29, 1.82) is 0 Å². The number of nitrogens with one attached hydrogen (secondary N) is 2. The van der Waals surface area contributed by atoms with Crippen molar-refractivity contribution in [2.24, 2.45) is 0 Å². The summed E-state index contributed by atoms with van der Waals surface area (Å²) in [6.07, 6.45) is -0.464. The monoisotopic (exact) mass is 178 g/mol. The largest absolute Gasteiger partial charge is 0.338 e. The lowest BCUT2D eigenvalue weighted by atomic mass is 9.88. The van der Waals surface area contributed by atoms with Gasteiger partial charge >= 0.3 is 6.03 Å². The van der Waals surface area contributed by atoms with E-state index in [1.807, 2.05) is 0 Å². The van der Waals surface area contributed by atoms with Gasteiger partial charge in [-0.2, -0.15) is 0 Å². The third-order valence-electron chi connectivity index (χ3n) is 1.76. The number of carbonyl (C=O) groups is 1. The minimum Gasteiger partial charge on any atom is -0.338 e. The van der Waals surface area contributed by atoms with Crippen LogP contribution in [-0.4, -0.2) is 24.5 Å². The lowest BCUT2D eigenvalue weighted by molar-refractivity contribution is -0.0896. The molecule has 12 heavy (non-hydrogen) atoms. The van der Waals surface area contributed by atoms with Gasteiger partial charge in [0, 0.05) is 25.4 Å². The molecule has 1 aliphatic rings.